The van der Waals surface area contributed by atoms with Crippen LogP contribution >= 0.6 is 11.6 Å². The minimum Gasteiger partial charge on any atom is -0.287 e. The molecule has 0 saturated carbocycles. The Balaban J connectivity index is 1.85. The molecule has 0 saturated heterocycles. The van der Waals surface area contributed by atoms with Crippen LogP contribution in [0.1, 0.15) is 11.1 Å². The van der Waals surface area contributed by atoms with Crippen LogP contribution in [-0.4, -0.2) is 14.4 Å². The van der Waals surface area contributed by atoms with Crippen molar-refractivity contribution in [2.75, 3.05) is 9.21 Å². The standard InChI is InChI=1S/C21H14ClF3N2O3S/c22-16-8-1-2-9-17(16)27-20(28)26(18-10-3-4-11-19(18)31(27,29)30)13-14-6-5-7-15(12-14)21(23,24)25/h1-12H,13H2. The lowest BCUT2D eigenvalue weighted by atomic mass is 10.1. The van der Waals surface area contributed by atoms with E-state index in [-0.39, 0.29) is 33.4 Å². The number of benzene rings is 3. The molecule has 0 atom stereocenters. The van der Waals surface area contributed by atoms with Gasteiger partial charge in [-0.15, -0.1) is 0 Å². The number of hydrogen-bond acceptors (Lipinski definition) is 3. The van der Waals surface area contributed by atoms with Crippen molar-refractivity contribution in [1.29, 1.82) is 0 Å². The number of hydrogen-bond donors (Lipinski definition) is 0. The van der Waals surface area contributed by atoms with E-state index < -0.39 is 27.8 Å². The van der Waals surface area contributed by atoms with Gasteiger partial charge in [-0.05, 0) is 42.0 Å². The molecule has 3 aromatic carbocycles. The number of sulfonamides is 1. The van der Waals surface area contributed by atoms with E-state index in [9.17, 15) is 26.4 Å². The number of halogens is 4. The Labute approximate surface area is 181 Å². The third-order valence-corrected chi connectivity index (χ3v) is 6.80. The maximum Gasteiger partial charge on any atom is 0.416 e. The molecule has 3 aromatic rings. The second kappa shape index (κ2) is 7.58. The first kappa shape index (κ1) is 21.2. The first-order chi connectivity index (χ1) is 14.6. The zero-order valence-corrected chi connectivity index (χ0v) is 17.2. The van der Waals surface area contributed by atoms with Crippen LogP contribution in [0.15, 0.2) is 77.7 Å². The summed E-state index contributed by atoms with van der Waals surface area (Å²) >= 11 is 6.15. The van der Waals surface area contributed by atoms with Crippen molar-refractivity contribution in [1.82, 2.24) is 0 Å². The summed E-state index contributed by atoms with van der Waals surface area (Å²) in [7, 11) is -4.29. The molecule has 4 rings (SSSR count). The lowest BCUT2D eigenvalue weighted by Crippen LogP contribution is -2.50. The summed E-state index contributed by atoms with van der Waals surface area (Å²) < 4.78 is 66.3. The fraction of sp³-hybridized carbons (Fsp3) is 0.0952. The minimum absolute atomic E-state index is 0.0397. The highest BCUT2D eigenvalue weighted by molar-refractivity contribution is 7.94. The molecule has 31 heavy (non-hydrogen) atoms. The zero-order chi connectivity index (χ0) is 22.4. The Bertz CT molecular complexity index is 1280. The van der Waals surface area contributed by atoms with Crippen molar-refractivity contribution in [2.24, 2.45) is 0 Å². The Morgan fingerprint density at radius 3 is 2.19 bits per heavy atom. The summed E-state index contributed by atoms with van der Waals surface area (Å²) in [6.45, 7) is -0.268. The molecule has 10 heteroatoms. The summed E-state index contributed by atoms with van der Waals surface area (Å²) in [4.78, 5) is 14.3. The smallest absolute Gasteiger partial charge is 0.287 e. The monoisotopic (exact) mass is 466 g/mol. The predicted octanol–water partition coefficient (Wildman–Crippen LogP) is 5.69. The van der Waals surface area contributed by atoms with E-state index >= 15 is 0 Å². The maximum absolute atomic E-state index is 13.3. The van der Waals surface area contributed by atoms with Crippen LogP contribution in [-0.2, 0) is 22.7 Å². The normalized spacial score (nSPS) is 15.7. The molecule has 1 aliphatic rings. The maximum atomic E-state index is 13.3. The van der Waals surface area contributed by atoms with Crippen molar-refractivity contribution < 1.29 is 26.4 Å². The van der Waals surface area contributed by atoms with Gasteiger partial charge < -0.3 is 0 Å². The lowest BCUT2D eigenvalue weighted by Gasteiger charge is -2.36. The van der Waals surface area contributed by atoms with Crippen LogP contribution in [0.2, 0.25) is 5.02 Å². The molecular weight excluding hydrogens is 453 g/mol. The van der Waals surface area contributed by atoms with Crippen molar-refractivity contribution in [3.63, 3.8) is 0 Å². The summed E-state index contributed by atoms with van der Waals surface area (Å²) in [5, 5.41) is 0.0397. The van der Waals surface area contributed by atoms with Gasteiger partial charge >= 0.3 is 12.2 Å². The first-order valence-corrected chi connectivity index (χ1v) is 10.8. The summed E-state index contributed by atoms with van der Waals surface area (Å²) in [5.41, 5.74) is -0.638. The highest BCUT2D eigenvalue weighted by Gasteiger charge is 2.43. The Morgan fingerprint density at radius 2 is 1.52 bits per heavy atom. The highest BCUT2D eigenvalue weighted by Crippen LogP contribution is 2.40. The number of rotatable bonds is 3. The average molecular weight is 467 g/mol. The number of amides is 2. The number of carbonyl (C=O) groups excluding carboxylic acids is 1. The number of urea groups is 1. The van der Waals surface area contributed by atoms with Gasteiger partial charge in [0.2, 0.25) is 0 Å². The van der Waals surface area contributed by atoms with Crippen LogP contribution in [0, 0.1) is 0 Å². The quantitative estimate of drug-likeness (QED) is 0.498. The molecule has 0 radical (unpaired) electrons. The van der Waals surface area contributed by atoms with Crippen molar-refractivity contribution in [3.05, 3.63) is 88.9 Å². The van der Waals surface area contributed by atoms with Crippen molar-refractivity contribution in [3.8, 4) is 0 Å². The second-order valence-electron chi connectivity index (χ2n) is 6.76. The molecule has 1 aliphatic heterocycles. The average Bonchev–Trinajstić information content (AvgIpc) is 2.72. The number of para-hydroxylation sites is 2. The molecule has 160 valence electrons. The topological polar surface area (TPSA) is 57.7 Å². The Morgan fingerprint density at radius 1 is 0.871 bits per heavy atom. The van der Waals surface area contributed by atoms with Crippen LogP contribution in [0.3, 0.4) is 0 Å². The molecule has 2 amide bonds. The van der Waals surface area contributed by atoms with Gasteiger partial charge in [0.05, 0.1) is 28.5 Å². The van der Waals surface area contributed by atoms with E-state index in [4.69, 9.17) is 11.6 Å². The highest BCUT2D eigenvalue weighted by atomic mass is 35.5. The number of anilines is 2. The molecule has 5 nitrogen and oxygen atoms in total. The van der Waals surface area contributed by atoms with Gasteiger partial charge in [-0.1, -0.05) is 48.0 Å². The number of nitrogens with zero attached hydrogens (tertiary/aromatic N) is 2. The zero-order valence-electron chi connectivity index (χ0n) is 15.7. The molecule has 0 bridgehead atoms. The molecule has 0 aromatic heterocycles. The molecule has 0 unspecified atom stereocenters. The minimum atomic E-state index is -4.55. The van der Waals surface area contributed by atoms with Gasteiger partial charge in [-0.3, -0.25) is 4.90 Å². The first-order valence-electron chi connectivity index (χ1n) is 8.97. The fourth-order valence-corrected chi connectivity index (χ4v) is 5.22. The van der Waals surface area contributed by atoms with Gasteiger partial charge in [0, 0.05) is 0 Å². The van der Waals surface area contributed by atoms with E-state index in [2.05, 4.69) is 0 Å². The van der Waals surface area contributed by atoms with Crippen molar-refractivity contribution >= 4 is 39.0 Å². The lowest BCUT2D eigenvalue weighted by molar-refractivity contribution is -0.137. The summed E-state index contributed by atoms with van der Waals surface area (Å²) in [6, 6.07) is 15.3. The van der Waals surface area contributed by atoms with Crippen LogP contribution in [0.5, 0.6) is 0 Å². The van der Waals surface area contributed by atoms with E-state index in [1.54, 1.807) is 12.1 Å². The summed E-state index contributed by atoms with van der Waals surface area (Å²) in [6.07, 6.45) is -4.55. The van der Waals surface area contributed by atoms with Gasteiger partial charge in [-0.2, -0.15) is 17.5 Å². The van der Waals surface area contributed by atoms with Crippen LogP contribution in [0.4, 0.5) is 29.3 Å². The predicted molar refractivity (Wildman–Crippen MR) is 111 cm³/mol. The molecule has 0 spiro atoms. The number of fused-ring (bicyclic) bond motifs is 1. The number of alkyl halides is 3. The van der Waals surface area contributed by atoms with Gasteiger partial charge in [0.25, 0.3) is 10.0 Å². The molecule has 0 aliphatic carbocycles. The third-order valence-electron chi connectivity index (χ3n) is 4.75. The Kier molecular flexibility index (Phi) is 5.18. The van der Waals surface area contributed by atoms with Gasteiger partial charge in [0.15, 0.2) is 0 Å². The number of carbonyl (C=O) groups is 1. The largest absolute Gasteiger partial charge is 0.416 e. The van der Waals surface area contributed by atoms with E-state index in [1.807, 2.05) is 0 Å². The molecular formula is C21H14ClF3N2O3S. The third kappa shape index (κ3) is 3.75. The van der Waals surface area contributed by atoms with E-state index in [0.717, 1.165) is 17.0 Å². The van der Waals surface area contributed by atoms with Crippen molar-refractivity contribution in [2.45, 2.75) is 17.6 Å². The Hall–Kier alpha value is -3.04. The van der Waals surface area contributed by atoms with Crippen LogP contribution in [0.25, 0.3) is 0 Å². The summed E-state index contributed by atoms with van der Waals surface area (Å²) in [5.74, 6) is 0. The van der Waals surface area contributed by atoms with E-state index in [1.165, 1.54) is 48.5 Å². The molecule has 0 fully saturated rings. The second-order valence-corrected chi connectivity index (χ2v) is 8.92. The molecule has 0 N–H and O–H groups in total. The van der Waals surface area contributed by atoms with Gasteiger partial charge in [-0.25, -0.2) is 13.2 Å². The SMILES string of the molecule is O=C1N(Cc2cccc(C(F)(F)F)c2)c2ccccc2S(=O)(=O)N1c1ccccc1Cl. The van der Waals surface area contributed by atoms with Crippen LogP contribution < -0.4 is 9.21 Å². The van der Waals surface area contributed by atoms with E-state index in [0.29, 0.717) is 4.31 Å². The van der Waals surface area contributed by atoms with Gasteiger partial charge in [0.1, 0.15) is 4.90 Å². The molecule has 1 heterocycles. The fourth-order valence-electron chi connectivity index (χ4n) is 3.34.